The molecule has 3 aromatic rings. The Labute approximate surface area is 153 Å². The third-order valence-corrected chi connectivity index (χ3v) is 5.55. The molecule has 0 amide bonds. The van der Waals surface area contributed by atoms with Gasteiger partial charge in [0.2, 0.25) is 0 Å². The summed E-state index contributed by atoms with van der Waals surface area (Å²) in [5.41, 5.74) is 4.41. The standard InChI is InChI=1S/C22H25NO3/c1-12-6-14-15-7-13(2)21(26-5)9-17(15)22-18(10-23(3)11-19(22)24)16(14)8-20(12)25-4/h6-9,19,24H,10-11H2,1-5H3. The van der Waals surface area contributed by atoms with E-state index in [9.17, 15) is 5.11 Å². The van der Waals surface area contributed by atoms with Crippen molar-refractivity contribution < 1.29 is 14.6 Å². The van der Waals surface area contributed by atoms with Crippen LogP contribution in [0.4, 0.5) is 0 Å². The van der Waals surface area contributed by atoms with Gasteiger partial charge in [0.15, 0.2) is 0 Å². The Hall–Kier alpha value is -2.30. The van der Waals surface area contributed by atoms with Gasteiger partial charge in [-0.25, -0.2) is 0 Å². The lowest BCUT2D eigenvalue weighted by Gasteiger charge is -2.32. The van der Waals surface area contributed by atoms with Crippen LogP contribution in [-0.2, 0) is 6.54 Å². The fourth-order valence-corrected chi connectivity index (χ4v) is 4.31. The predicted molar refractivity (Wildman–Crippen MR) is 105 cm³/mol. The molecule has 4 rings (SSSR count). The van der Waals surface area contributed by atoms with Crippen LogP contribution >= 0.6 is 0 Å². The maximum atomic E-state index is 10.9. The number of β-amino-alcohol motifs (C(OH)–C–C–N with tert-alkyl or cyclic N) is 1. The predicted octanol–water partition coefficient (Wildman–Crippen LogP) is 4.11. The number of methoxy groups -OCH3 is 2. The number of fused-ring (bicyclic) bond motifs is 6. The van der Waals surface area contributed by atoms with Gasteiger partial charge in [0, 0.05) is 13.1 Å². The van der Waals surface area contributed by atoms with E-state index in [1.807, 2.05) is 7.05 Å². The molecule has 0 saturated heterocycles. The van der Waals surface area contributed by atoms with Gasteiger partial charge < -0.3 is 14.6 Å². The van der Waals surface area contributed by atoms with E-state index in [4.69, 9.17) is 9.47 Å². The molecule has 1 unspecified atom stereocenters. The van der Waals surface area contributed by atoms with Crippen LogP contribution < -0.4 is 9.47 Å². The van der Waals surface area contributed by atoms with Crippen molar-refractivity contribution in [2.45, 2.75) is 26.5 Å². The Morgan fingerprint density at radius 1 is 0.885 bits per heavy atom. The monoisotopic (exact) mass is 351 g/mol. The van der Waals surface area contributed by atoms with Gasteiger partial charge in [-0.05, 0) is 89.0 Å². The lowest BCUT2D eigenvalue weighted by molar-refractivity contribution is 0.110. The van der Waals surface area contributed by atoms with E-state index in [2.05, 4.69) is 43.0 Å². The maximum absolute atomic E-state index is 10.9. The number of hydrogen-bond acceptors (Lipinski definition) is 4. The fraction of sp³-hybridized carbons (Fsp3) is 0.364. The number of nitrogens with zero attached hydrogens (tertiary/aromatic N) is 1. The van der Waals surface area contributed by atoms with Crippen molar-refractivity contribution in [3.8, 4) is 11.5 Å². The second kappa shape index (κ2) is 6.15. The van der Waals surface area contributed by atoms with Crippen molar-refractivity contribution >= 4 is 21.5 Å². The van der Waals surface area contributed by atoms with Gasteiger partial charge >= 0.3 is 0 Å². The van der Waals surface area contributed by atoms with Crippen molar-refractivity contribution in [3.05, 3.63) is 46.5 Å². The highest BCUT2D eigenvalue weighted by Gasteiger charge is 2.27. The molecule has 0 bridgehead atoms. The highest BCUT2D eigenvalue weighted by Crippen LogP contribution is 2.43. The molecule has 0 aromatic heterocycles. The second-order valence-electron chi connectivity index (χ2n) is 7.34. The number of rotatable bonds is 2. The molecule has 1 aliphatic heterocycles. The Balaban J connectivity index is 2.22. The van der Waals surface area contributed by atoms with Crippen LogP contribution in [0.15, 0.2) is 24.3 Å². The molecular weight excluding hydrogens is 326 g/mol. The minimum atomic E-state index is -0.518. The molecule has 1 atom stereocenters. The lowest BCUT2D eigenvalue weighted by atomic mass is 9.85. The smallest absolute Gasteiger partial charge is 0.122 e. The number of aliphatic hydroxyl groups is 1. The largest absolute Gasteiger partial charge is 0.496 e. The Morgan fingerprint density at radius 3 is 2.00 bits per heavy atom. The number of likely N-dealkylation sites (N-methyl/N-ethyl adjacent to an activating group) is 1. The van der Waals surface area contributed by atoms with Gasteiger partial charge in [0.25, 0.3) is 0 Å². The van der Waals surface area contributed by atoms with Gasteiger partial charge in [-0.1, -0.05) is 0 Å². The summed E-state index contributed by atoms with van der Waals surface area (Å²) >= 11 is 0. The number of ether oxygens (including phenoxy) is 2. The topological polar surface area (TPSA) is 41.9 Å². The summed E-state index contributed by atoms with van der Waals surface area (Å²) in [5.74, 6) is 1.74. The zero-order valence-corrected chi connectivity index (χ0v) is 16.0. The van der Waals surface area contributed by atoms with Crippen molar-refractivity contribution in [1.82, 2.24) is 4.90 Å². The Kier molecular flexibility index (Phi) is 4.05. The zero-order chi connectivity index (χ0) is 18.6. The average molecular weight is 351 g/mol. The first-order valence-corrected chi connectivity index (χ1v) is 8.92. The molecule has 0 saturated carbocycles. The second-order valence-corrected chi connectivity index (χ2v) is 7.34. The molecule has 3 aromatic carbocycles. The Bertz CT molecular complexity index is 1030. The molecule has 0 radical (unpaired) electrons. The molecule has 1 aliphatic rings. The molecule has 26 heavy (non-hydrogen) atoms. The maximum Gasteiger partial charge on any atom is 0.122 e. The summed E-state index contributed by atoms with van der Waals surface area (Å²) < 4.78 is 11.1. The number of aryl methyl sites for hydroxylation is 2. The van der Waals surface area contributed by atoms with E-state index in [-0.39, 0.29) is 0 Å². The van der Waals surface area contributed by atoms with E-state index in [1.165, 1.54) is 10.9 Å². The van der Waals surface area contributed by atoms with Gasteiger partial charge in [-0.3, -0.25) is 4.90 Å². The molecule has 0 fully saturated rings. The van der Waals surface area contributed by atoms with E-state index in [1.54, 1.807) is 14.2 Å². The van der Waals surface area contributed by atoms with Crippen LogP contribution in [0.1, 0.15) is 28.4 Å². The summed E-state index contributed by atoms with van der Waals surface area (Å²) in [7, 11) is 5.45. The Morgan fingerprint density at radius 2 is 1.42 bits per heavy atom. The van der Waals surface area contributed by atoms with E-state index >= 15 is 0 Å². The van der Waals surface area contributed by atoms with Crippen molar-refractivity contribution in [3.63, 3.8) is 0 Å². The van der Waals surface area contributed by atoms with Crippen molar-refractivity contribution in [2.24, 2.45) is 0 Å². The molecule has 4 heteroatoms. The van der Waals surface area contributed by atoms with E-state index in [0.29, 0.717) is 6.54 Å². The molecule has 136 valence electrons. The van der Waals surface area contributed by atoms with Crippen LogP contribution in [0, 0.1) is 13.8 Å². The number of benzene rings is 3. The average Bonchev–Trinajstić information content (AvgIpc) is 2.60. The summed E-state index contributed by atoms with van der Waals surface area (Å²) in [6, 6.07) is 8.57. The van der Waals surface area contributed by atoms with Crippen LogP contribution in [0.3, 0.4) is 0 Å². The molecular formula is C22H25NO3. The molecule has 0 aliphatic carbocycles. The van der Waals surface area contributed by atoms with Crippen molar-refractivity contribution in [2.75, 3.05) is 27.8 Å². The fourth-order valence-electron chi connectivity index (χ4n) is 4.31. The minimum absolute atomic E-state index is 0.518. The first-order valence-electron chi connectivity index (χ1n) is 8.92. The summed E-state index contributed by atoms with van der Waals surface area (Å²) in [4.78, 5) is 2.16. The third kappa shape index (κ3) is 2.44. The van der Waals surface area contributed by atoms with Gasteiger partial charge in [0.05, 0.1) is 20.3 Å². The summed E-state index contributed by atoms with van der Waals surface area (Å²) in [6.07, 6.45) is -0.518. The molecule has 4 nitrogen and oxygen atoms in total. The van der Waals surface area contributed by atoms with E-state index < -0.39 is 6.10 Å². The highest BCUT2D eigenvalue weighted by molar-refractivity contribution is 6.12. The summed E-state index contributed by atoms with van der Waals surface area (Å²) in [6.45, 7) is 5.57. The number of hydrogen-bond donors (Lipinski definition) is 1. The summed E-state index contributed by atoms with van der Waals surface area (Å²) in [5, 5.41) is 15.5. The SMILES string of the molecule is COc1cc2c3c(c4cc(OC)c(C)cc4c2cc1C)C(O)CN(C)C3. The first kappa shape index (κ1) is 17.1. The van der Waals surface area contributed by atoms with Gasteiger partial charge in [0.1, 0.15) is 11.5 Å². The molecule has 1 N–H and O–H groups in total. The van der Waals surface area contributed by atoms with Gasteiger partial charge in [-0.2, -0.15) is 0 Å². The van der Waals surface area contributed by atoms with E-state index in [0.717, 1.165) is 50.9 Å². The first-order chi connectivity index (χ1) is 12.4. The molecule has 1 heterocycles. The van der Waals surface area contributed by atoms with Crippen LogP contribution in [0.25, 0.3) is 21.5 Å². The zero-order valence-electron chi connectivity index (χ0n) is 16.0. The number of aliphatic hydroxyl groups excluding tert-OH is 1. The van der Waals surface area contributed by atoms with Crippen LogP contribution in [0.5, 0.6) is 11.5 Å². The quantitative estimate of drug-likeness (QED) is 0.706. The minimum Gasteiger partial charge on any atom is -0.496 e. The normalized spacial score (nSPS) is 17.5. The highest BCUT2D eigenvalue weighted by atomic mass is 16.5. The third-order valence-electron chi connectivity index (χ3n) is 5.55. The van der Waals surface area contributed by atoms with Crippen LogP contribution in [-0.4, -0.2) is 37.8 Å². The van der Waals surface area contributed by atoms with Crippen LogP contribution in [0.2, 0.25) is 0 Å². The lowest BCUT2D eigenvalue weighted by Crippen LogP contribution is -2.30. The van der Waals surface area contributed by atoms with Crippen molar-refractivity contribution in [1.29, 1.82) is 0 Å². The van der Waals surface area contributed by atoms with Gasteiger partial charge in [-0.15, -0.1) is 0 Å². The molecule has 0 spiro atoms.